The second-order valence-corrected chi connectivity index (χ2v) is 7.29. The molecule has 2 aliphatic heterocycles. The zero-order valence-corrected chi connectivity index (χ0v) is 14.8. The van der Waals surface area contributed by atoms with Crippen molar-refractivity contribution < 1.29 is 13.9 Å². The van der Waals surface area contributed by atoms with E-state index in [-0.39, 0.29) is 12.0 Å². The maximum Gasteiger partial charge on any atom is 0.222 e. The summed E-state index contributed by atoms with van der Waals surface area (Å²) >= 11 is 0. The highest BCUT2D eigenvalue weighted by Crippen LogP contribution is 2.36. The summed E-state index contributed by atoms with van der Waals surface area (Å²) < 4.78 is 11.1. The molecule has 1 N–H and O–H groups in total. The molecular formula is C20H25N3O3. The van der Waals surface area contributed by atoms with Crippen LogP contribution < -0.4 is 5.32 Å². The Morgan fingerprint density at radius 3 is 3.12 bits per heavy atom. The molecule has 0 aromatic carbocycles. The molecule has 2 saturated heterocycles. The van der Waals surface area contributed by atoms with Gasteiger partial charge in [0.05, 0.1) is 31.7 Å². The third-order valence-electron chi connectivity index (χ3n) is 5.46. The summed E-state index contributed by atoms with van der Waals surface area (Å²) in [6.07, 6.45) is 8.62. The Labute approximate surface area is 153 Å². The number of ether oxygens (including phenoxy) is 1. The topological polar surface area (TPSA) is 67.6 Å². The lowest BCUT2D eigenvalue weighted by Crippen LogP contribution is -2.41. The Hall–Kier alpha value is -2.18. The van der Waals surface area contributed by atoms with Crippen LogP contribution in [0.1, 0.15) is 24.0 Å². The second-order valence-electron chi connectivity index (χ2n) is 7.29. The number of carbonyl (C=O) groups is 1. The molecule has 0 bridgehead atoms. The number of carbonyl (C=O) groups excluding carboxylic acids is 1. The number of piperidine rings is 1. The van der Waals surface area contributed by atoms with Gasteiger partial charge in [0.2, 0.25) is 5.91 Å². The first-order chi connectivity index (χ1) is 12.8. The number of pyridine rings is 1. The van der Waals surface area contributed by atoms with Gasteiger partial charge in [-0.25, -0.2) is 0 Å². The molecule has 138 valence electrons. The van der Waals surface area contributed by atoms with Gasteiger partial charge in [0.25, 0.3) is 0 Å². The summed E-state index contributed by atoms with van der Waals surface area (Å²) in [5.41, 5.74) is 2.23. The third kappa shape index (κ3) is 4.14. The predicted octanol–water partition coefficient (Wildman–Crippen LogP) is 2.22. The van der Waals surface area contributed by atoms with Gasteiger partial charge in [0, 0.05) is 43.5 Å². The first-order valence-electron chi connectivity index (χ1n) is 9.28. The molecule has 26 heavy (non-hydrogen) atoms. The number of rotatable bonds is 6. The summed E-state index contributed by atoms with van der Waals surface area (Å²) in [7, 11) is 0. The quantitative estimate of drug-likeness (QED) is 0.861. The monoisotopic (exact) mass is 355 g/mol. The van der Waals surface area contributed by atoms with Crippen molar-refractivity contribution in [3.63, 3.8) is 0 Å². The standard InChI is InChI=1S/C20H25N3O3/c24-20(22-10-15-2-1-5-21-9-15)8-19-18-3-6-23(12-17(18)14-26-19)11-16-4-7-25-13-16/h1-2,4-5,7,9,13,17-19H,3,6,8,10-12,14H2,(H,22,24)/t17-,18-,19-/m0/s1. The number of hydrogen-bond donors (Lipinski definition) is 1. The van der Waals surface area contributed by atoms with Crippen LogP contribution in [0.2, 0.25) is 0 Å². The van der Waals surface area contributed by atoms with E-state index in [2.05, 4.69) is 15.2 Å². The van der Waals surface area contributed by atoms with Gasteiger partial charge in [0.15, 0.2) is 0 Å². The molecule has 4 heterocycles. The predicted molar refractivity (Wildman–Crippen MR) is 96.0 cm³/mol. The van der Waals surface area contributed by atoms with E-state index in [9.17, 15) is 4.79 Å². The molecule has 6 nitrogen and oxygen atoms in total. The highest BCUT2D eigenvalue weighted by atomic mass is 16.5. The molecule has 2 aromatic rings. The first kappa shape index (κ1) is 17.2. The van der Waals surface area contributed by atoms with Crippen LogP contribution in [0.3, 0.4) is 0 Å². The van der Waals surface area contributed by atoms with Crippen LogP contribution in [0.4, 0.5) is 0 Å². The van der Waals surface area contributed by atoms with Gasteiger partial charge in [-0.05, 0) is 36.6 Å². The van der Waals surface area contributed by atoms with Crippen LogP contribution in [0.25, 0.3) is 0 Å². The van der Waals surface area contributed by atoms with Crippen LogP contribution in [0, 0.1) is 11.8 Å². The van der Waals surface area contributed by atoms with Gasteiger partial charge in [0.1, 0.15) is 0 Å². The minimum atomic E-state index is 0.0463. The van der Waals surface area contributed by atoms with E-state index in [0.717, 1.165) is 38.2 Å². The lowest BCUT2D eigenvalue weighted by atomic mass is 9.83. The zero-order valence-electron chi connectivity index (χ0n) is 14.8. The van der Waals surface area contributed by atoms with Crippen LogP contribution >= 0.6 is 0 Å². The SMILES string of the molecule is O=C(C[C@@H]1OC[C@@H]2CN(Cc3ccoc3)CC[C@@H]21)NCc1cccnc1. The van der Waals surface area contributed by atoms with E-state index >= 15 is 0 Å². The number of hydrogen-bond acceptors (Lipinski definition) is 5. The fraction of sp³-hybridized carbons (Fsp3) is 0.500. The van der Waals surface area contributed by atoms with Crippen molar-refractivity contribution in [2.45, 2.75) is 32.0 Å². The molecule has 0 radical (unpaired) electrons. The van der Waals surface area contributed by atoms with Crippen molar-refractivity contribution in [3.8, 4) is 0 Å². The minimum absolute atomic E-state index is 0.0463. The molecule has 2 fully saturated rings. The van der Waals surface area contributed by atoms with Gasteiger partial charge < -0.3 is 14.5 Å². The van der Waals surface area contributed by atoms with Gasteiger partial charge in [-0.1, -0.05) is 6.07 Å². The fourth-order valence-corrected chi connectivity index (χ4v) is 4.12. The first-order valence-corrected chi connectivity index (χ1v) is 9.28. The molecule has 3 atom stereocenters. The Balaban J connectivity index is 1.24. The molecule has 0 aliphatic carbocycles. The van der Waals surface area contributed by atoms with Crippen molar-refractivity contribution >= 4 is 5.91 Å². The number of likely N-dealkylation sites (tertiary alicyclic amines) is 1. The molecule has 6 heteroatoms. The van der Waals surface area contributed by atoms with Gasteiger partial charge >= 0.3 is 0 Å². The van der Waals surface area contributed by atoms with Crippen LogP contribution in [-0.2, 0) is 22.6 Å². The number of aromatic nitrogens is 1. The maximum atomic E-state index is 12.3. The zero-order chi connectivity index (χ0) is 17.8. The van der Waals surface area contributed by atoms with Crippen LogP contribution in [0.15, 0.2) is 47.5 Å². The van der Waals surface area contributed by atoms with E-state index in [4.69, 9.17) is 9.15 Å². The third-order valence-corrected chi connectivity index (χ3v) is 5.46. The molecular weight excluding hydrogens is 330 g/mol. The summed E-state index contributed by atoms with van der Waals surface area (Å²) in [5, 5.41) is 2.98. The lowest BCUT2D eigenvalue weighted by Gasteiger charge is -2.35. The van der Waals surface area contributed by atoms with Crippen molar-refractivity contribution in [1.82, 2.24) is 15.2 Å². The van der Waals surface area contributed by atoms with E-state index in [1.807, 2.05) is 24.5 Å². The summed E-state index contributed by atoms with van der Waals surface area (Å²) in [6.45, 7) is 4.28. The fourth-order valence-electron chi connectivity index (χ4n) is 4.12. The smallest absolute Gasteiger partial charge is 0.222 e. The number of nitrogens with zero attached hydrogens (tertiary/aromatic N) is 2. The summed E-state index contributed by atoms with van der Waals surface area (Å²) in [6, 6.07) is 5.86. The molecule has 0 saturated carbocycles. The number of furan rings is 1. The highest BCUT2D eigenvalue weighted by molar-refractivity contribution is 5.76. The minimum Gasteiger partial charge on any atom is -0.472 e. The van der Waals surface area contributed by atoms with Crippen molar-refractivity contribution in [3.05, 3.63) is 54.2 Å². The van der Waals surface area contributed by atoms with E-state index in [1.165, 1.54) is 5.56 Å². The number of nitrogens with one attached hydrogen (secondary N) is 1. The van der Waals surface area contributed by atoms with Crippen LogP contribution in [0.5, 0.6) is 0 Å². The lowest BCUT2D eigenvalue weighted by molar-refractivity contribution is -0.124. The van der Waals surface area contributed by atoms with Crippen LogP contribution in [-0.4, -0.2) is 41.6 Å². The van der Waals surface area contributed by atoms with Gasteiger partial charge in [-0.3, -0.25) is 14.7 Å². The molecule has 2 aliphatic rings. The number of amides is 1. The summed E-state index contributed by atoms with van der Waals surface area (Å²) in [4.78, 5) is 18.8. The highest BCUT2D eigenvalue weighted by Gasteiger charge is 2.41. The Morgan fingerprint density at radius 1 is 1.35 bits per heavy atom. The Kier molecular flexibility index (Phi) is 5.32. The number of fused-ring (bicyclic) bond motifs is 1. The Bertz CT molecular complexity index is 704. The van der Waals surface area contributed by atoms with E-state index < -0.39 is 0 Å². The molecule has 4 rings (SSSR count). The normalized spacial score (nSPS) is 25.8. The average molecular weight is 355 g/mol. The van der Waals surface area contributed by atoms with Crippen molar-refractivity contribution in [2.24, 2.45) is 11.8 Å². The Morgan fingerprint density at radius 2 is 2.31 bits per heavy atom. The maximum absolute atomic E-state index is 12.3. The molecule has 0 spiro atoms. The van der Waals surface area contributed by atoms with Crippen molar-refractivity contribution in [2.75, 3.05) is 19.7 Å². The average Bonchev–Trinajstić information content (AvgIpc) is 3.31. The van der Waals surface area contributed by atoms with Gasteiger partial charge in [-0.15, -0.1) is 0 Å². The molecule has 2 aromatic heterocycles. The van der Waals surface area contributed by atoms with Gasteiger partial charge in [-0.2, -0.15) is 0 Å². The van der Waals surface area contributed by atoms with E-state index in [0.29, 0.717) is 24.8 Å². The van der Waals surface area contributed by atoms with E-state index in [1.54, 1.807) is 18.7 Å². The van der Waals surface area contributed by atoms with Crippen molar-refractivity contribution in [1.29, 1.82) is 0 Å². The molecule has 0 unspecified atom stereocenters. The second kappa shape index (κ2) is 8.01. The summed E-state index contributed by atoms with van der Waals surface area (Å²) in [5.74, 6) is 1.06. The molecule has 1 amide bonds. The largest absolute Gasteiger partial charge is 0.472 e.